The number of Topliss-reactive ketones (excluding diaryl/α,β-unsaturated/α-hetero) is 1. The second kappa shape index (κ2) is 6.45. The van der Waals surface area contributed by atoms with E-state index in [1.165, 1.54) is 11.4 Å². The molecule has 4 N–H and O–H groups in total. The Hall–Kier alpha value is -1.71. The van der Waals surface area contributed by atoms with Gasteiger partial charge in [-0.25, -0.2) is 4.31 Å². The van der Waals surface area contributed by atoms with E-state index in [1.807, 2.05) is 0 Å². The van der Waals surface area contributed by atoms with Crippen molar-refractivity contribution in [2.45, 2.75) is 13.1 Å². The van der Waals surface area contributed by atoms with Gasteiger partial charge in [0.25, 0.3) is 23.5 Å². The van der Waals surface area contributed by atoms with E-state index in [-0.39, 0.29) is 4.91 Å². The molecule has 0 fully saturated rings. The van der Waals surface area contributed by atoms with Crippen LogP contribution in [0, 0.1) is 0 Å². The van der Waals surface area contributed by atoms with Crippen molar-refractivity contribution in [1.82, 2.24) is 14.9 Å². The SMILES string of the molecule is CCNC(C(=O)C(N)=O)N(C)SC1=CC(=O)NC1=O. The summed E-state index contributed by atoms with van der Waals surface area (Å²) < 4.78 is 1.36. The van der Waals surface area contributed by atoms with Crippen LogP contribution in [0.1, 0.15) is 6.92 Å². The van der Waals surface area contributed by atoms with E-state index < -0.39 is 29.7 Å². The van der Waals surface area contributed by atoms with E-state index in [4.69, 9.17) is 5.73 Å². The van der Waals surface area contributed by atoms with E-state index in [0.29, 0.717) is 6.54 Å². The number of nitrogens with zero attached hydrogens (tertiary/aromatic N) is 1. The monoisotopic (exact) mass is 286 g/mol. The molecule has 0 spiro atoms. The summed E-state index contributed by atoms with van der Waals surface area (Å²) in [6, 6.07) is 0. The maximum Gasteiger partial charge on any atom is 0.288 e. The lowest BCUT2D eigenvalue weighted by Gasteiger charge is -2.24. The van der Waals surface area contributed by atoms with Crippen molar-refractivity contribution < 1.29 is 19.2 Å². The van der Waals surface area contributed by atoms with Gasteiger partial charge in [-0.1, -0.05) is 6.92 Å². The summed E-state index contributed by atoms with van der Waals surface area (Å²) in [6.07, 6.45) is 0.165. The van der Waals surface area contributed by atoms with E-state index in [2.05, 4.69) is 10.6 Å². The molecule has 1 aliphatic rings. The number of carbonyl (C=O) groups excluding carboxylic acids is 4. The fraction of sp³-hybridized carbons (Fsp3) is 0.400. The number of rotatable bonds is 7. The molecule has 0 aromatic rings. The highest BCUT2D eigenvalue weighted by Gasteiger charge is 2.30. The Kier molecular flexibility index (Phi) is 5.21. The number of nitrogens with one attached hydrogen (secondary N) is 2. The fourth-order valence-corrected chi connectivity index (χ4v) is 2.26. The van der Waals surface area contributed by atoms with Crippen LogP contribution in [-0.2, 0) is 19.2 Å². The van der Waals surface area contributed by atoms with Gasteiger partial charge in [0, 0.05) is 6.08 Å². The highest BCUT2D eigenvalue weighted by molar-refractivity contribution is 8.01. The van der Waals surface area contributed by atoms with Gasteiger partial charge in [-0.05, 0) is 25.5 Å². The summed E-state index contributed by atoms with van der Waals surface area (Å²) in [5, 5.41) is 4.85. The molecule has 0 bridgehead atoms. The molecular weight excluding hydrogens is 272 g/mol. The molecule has 0 saturated heterocycles. The minimum Gasteiger partial charge on any atom is -0.363 e. The van der Waals surface area contributed by atoms with Gasteiger partial charge in [0.15, 0.2) is 0 Å². The average Bonchev–Trinajstić information content (AvgIpc) is 2.63. The molecule has 0 saturated carbocycles. The zero-order valence-corrected chi connectivity index (χ0v) is 11.2. The third kappa shape index (κ3) is 3.88. The second-order valence-electron chi connectivity index (χ2n) is 3.65. The Bertz CT molecular complexity index is 462. The molecule has 0 aromatic carbocycles. The minimum absolute atomic E-state index is 0.146. The van der Waals surface area contributed by atoms with E-state index in [1.54, 1.807) is 6.92 Å². The first-order valence-corrected chi connectivity index (χ1v) is 6.19. The fourth-order valence-electron chi connectivity index (χ4n) is 1.38. The first-order valence-electron chi connectivity index (χ1n) is 5.41. The average molecular weight is 286 g/mol. The van der Waals surface area contributed by atoms with Gasteiger partial charge in [0.1, 0.15) is 6.17 Å². The van der Waals surface area contributed by atoms with Crippen molar-refractivity contribution >= 4 is 35.5 Å². The van der Waals surface area contributed by atoms with E-state index in [9.17, 15) is 19.2 Å². The van der Waals surface area contributed by atoms with Crippen LogP contribution in [0.15, 0.2) is 11.0 Å². The Morgan fingerprint density at radius 2 is 2.16 bits per heavy atom. The van der Waals surface area contributed by atoms with Gasteiger partial charge in [0.05, 0.1) is 4.91 Å². The van der Waals surface area contributed by atoms with Gasteiger partial charge >= 0.3 is 0 Å². The number of likely N-dealkylation sites (N-methyl/N-ethyl adjacent to an activating group) is 2. The Morgan fingerprint density at radius 3 is 2.58 bits per heavy atom. The molecule has 104 valence electrons. The Balaban J connectivity index is 2.78. The van der Waals surface area contributed by atoms with Gasteiger partial charge in [-0.2, -0.15) is 0 Å². The standard InChI is InChI=1S/C10H14N4O4S/c1-3-12-9(7(16)8(11)17)14(2)19-5-4-6(15)13-10(5)18/h4,9,12H,3H2,1-2H3,(H2,11,17)(H,13,15,18). The van der Waals surface area contributed by atoms with Gasteiger partial charge < -0.3 is 5.73 Å². The normalized spacial score (nSPS) is 16.3. The van der Waals surface area contributed by atoms with Crippen LogP contribution in [0.2, 0.25) is 0 Å². The van der Waals surface area contributed by atoms with Crippen molar-refractivity contribution in [3.05, 3.63) is 11.0 Å². The smallest absolute Gasteiger partial charge is 0.288 e. The van der Waals surface area contributed by atoms with Crippen molar-refractivity contribution in [1.29, 1.82) is 0 Å². The number of imide groups is 1. The largest absolute Gasteiger partial charge is 0.363 e. The third-order valence-corrected chi connectivity index (χ3v) is 3.22. The summed E-state index contributed by atoms with van der Waals surface area (Å²) in [5.41, 5.74) is 4.95. The molecule has 1 aliphatic heterocycles. The molecule has 0 aliphatic carbocycles. The predicted molar refractivity (Wildman–Crippen MR) is 68.3 cm³/mol. The van der Waals surface area contributed by atoms with Crippen molar-refractivity contribution in [3.8, 4) is 0 Å². The summed E-state index contributed by atoms with van der Waals surface area (Å²) in [4.78, 5) is 45.0. The molecule has 9 heteroatoms. The lowest BCUT2D eigenvalue weighted by atomic mass is 10.3. The molecule has 1 unspecified atom stereocenters. The molecular formula is C10H14N4O4S. The predicted octanol–water partition coefficient (Wildman–Crippen LogP) is -1.90. The number of nitrogens with two attached hydrogens (primary N) is 1. The number of carbonyl (C=O) groups is 4. The maximum absolute atomic E-state index is 11.6. The van der Waals surface area contributed by atoms with Crippen LogP contribution in [0.3, 0.4) is 0 Å². The van der Waals surface area contributed by atoms with Gasteiger partial charge in [-0.15, -0.1) is 0 Å². The zero-order chi connectivity index (χ0) is 14.6. The number of hydrogen-bond donors (Lipinski definition) is 3. The zero-order valence-electron chi connectivity index (χ0n) is 10.4. The summed E-state index contributed by atoms with van der Waals surface area (Å²) in [6.45, 7) is 2.18. The van der Waals surface area contributed by atoms with Crippen molar-refractivity contribution in [2.75, 3.05) is 13.6 Å². The molecule has 19 heavy (non-hydrogen) atoms. The minimum atomic E-state index is -1.07. The first-order chi connectivity index (χ1) is 8.86. The molecule has 1 atom stereocenters. The number of hydrogen-bond acceptors (Lipinski definition) is 7. The highest BCUT2D eigenvalue weighted by atomic mass is 32.2. The van der Waals surface area contributed by atoms with Crippen LogP contribution in [0.25, 0.3) is 0 Å². The molecule has 1 heterocycles. The molecule has 1 rings (SSSR count). The van der Waals surface area contributed by atoms with Crippen molar-refractivity contribution in [2.24, 2.45) is 5.73 Å². The summed E-state index contributed by atoms with van der Waals surface area (Å²) in [7, 11) is 1.51. The van der Waals surface area contributed by atoms with Crippen LogP contribution in [-0.4, -0.2) is 47.6 Å². The molecule has 8 nitrogen and oxygen atoms in total. The summed E-state index contributed by atoms with van der Waals surface area (Å²) in [5.74, 6) is -2.94. The van der Waals surface area contributed by atoms with Crippen LogP contribution < -0.4 is 16.4 Å². The Labute approximate surface area is 113 Å². The first kappa shape index (κ1) is 15.3. The lowest BCUT2D eigenvalue weighted by molar-refractivity contribution is -0.138. The summed E-state index contributed by atoms with van der Waals surface area (Å²) >= 11 is 0.883. The Morgan fingerprint density at radius 1 is 1.53 bits per heavy atom. The quantitative estimate of drug-likeness (QED) is 0.216. The van der Waals surface area contributed by atoms with Crippen LogP contribution in [0.5, 0.6) is 0 Å². The van der Waals surface area contributed by atoms with Crippen LogP contribution >= 0.6 is 11.9 Å². The molecule has 3 amide bonds. The van der Waals surface area contributed by atoms with E-state index >= 15 is 0 Å². The number of ketones is 1. The number of amides is 3. The molecule has 0 aromatic heterocycles. The maximum atomic E-state index is 11.6. The third-order valence-electron chi connectivity index (χ3n) is 2.22. The topological polar surface area (TPSA) is 122 Å². The highest BCUT2D eigenvalue weighted by Crippen LogP contribution is 2.23. The second-order valence-corrected chi connectivity index (χ2v) is 4.85. The molecule has 0 radical (unpaired) electrons. The number of primary amides is 1. The lowest BCUT2D eigenvalue weighted by Crippen LogP contribution is -2.50. The van der Waals surface area contributed by atoms with E-state index in [0.717, 1.165) is 18.0 Å². The van der Waals surface area contributed by atoms with Gasteiger partial charge in [-0.3, -0.25) is 29.8 Å². The van der Waals surface area contributed by atoms with Gasteiger partial charge in [0.2, 0.25) is 0 Å². The van der Waals surface area contributed by atoms with Crippen molar-refractivity contribution in [3.63, 3.8) is 0 Å². The van der Waals surface area contributed by atoms with Crippen LogP contribution in [0.4, 0.5) is 0 Å².